The zero-order valence-corrected chi connectivity index (χ0v) is 19.1. The highest BCUT2D eigenvalue weighted by Crippen LogP contribution is 2.16. The summed E-state index contributed by atoms with van der Waals surface area (Å²) in [4.78, 5) is 7.06. The van der Waals surface area contributed by atoms with Crippen LogP contribution < -0.4 is 5.32 Å². The fraction of sp³-hybridized carbons (Fsp3) is 0.778. The lowest BCUT2D eigenvalue weighted by Gasteiger charge is -2.24. The van der Waals surface area contributed by atoms with Gasteiger partial charge in [-0.2, -0.15) is 5.10 Å². The molecule has 0 amide bonds. The third-order valence-electron chi connectivity index (χ3n) is 4.68. The minimum absolute atomic E-state index is 0. The molecule has 8 heteroatoms. The largest absolute Gasteiger partial charge is 0.383 e. The molecule has 1 N–H and O–H groups in total. The van der Waals surface area contributed by atoms with E-state index in [4.69, 9.17) is 14.5 Å². The minimum atomic E-state index is 0. The molecule has 0 aliphatic carbocycles. The van der Waals surface area contributed by atoms with Crippen molar-refractivity contribution in [1.82, 2.24) is 20.0 Å². The van der Waals surface area contributed by atoms with Crippen molar-refractivity contribution in [2.75, 3.05) is 47.1 Å². The van der Waals surface area contributed by atoms with Gasteiger partial charge in [-0.1, -0.05) is 0 Å². The lowest BCUT2D eigenvalue weighted by Crippen LogP contribution is -2.41. The van der Waals surface area contributed by atoms with Crippen molar-refractivity contribution < 1.29 is 9.47 Å². The Balaban J connectivity index is 0.00000338. The number of hydrogen-bond acceptors (Lipinski definition) is 4. The third kappa shape index (κ3) is 6.38. The van der Waals surface area contributed by atoms with Crippen LogP contribution in [0.4, 0.5) is 0 Å². The first kappa shape index (κ1) is 23.2. The monoisotopic (exact) mass is 479 g/mol. The highest BCUT2D eigenvalue weighted by molar-refractivity contribution is 14.0. The molecule has 1 aromatic heterocycles. The summed E-state index contributed by atoms with van der Waals surface area (Å²) >= 11 is 0. The normalized spacial score (nSPS) is 17.3. The van der Waals surface area contributed by atoms with Crippen LogP contribution in [0.5, 0.6) is 0 Å². The van der Waals surface area contributed by atoms with Crippen LogP contribution in [0.15, 0.2) is 4.99 Å². The molecule has 1 unspecified atom stereocenters. The first-order valence-electron chi connectivity index (χ1n) is 9.15. The number of rotatable bonds is 8. The Morgan fingerprint density at radius 3 is 2.85 bits per heavy atom. The Hall–Kier alpha value is -0.870. The fourth-order valence-electron chi connectivity index (χ4n) is 3.18. The average Bonchev–Trinajstić information content (AvgIpc) is 3.18. The van der Waals surface area contributed by atoms with Crippen molar-refractivity contribution >= 4 is 29.9 Å². The summed E-state index contributed by atoms with van der Waals surface area (Å²) in [6.45, 7) is 11.9. The molecule has 1 aliphatic heterocycles. The molecular weight excluding hydrogens is 445 g/mol. The molecule has 1 saturated heterocycles. The van der Waals surface area contributed by atoms with Gasteiger partial charge in [-0.25, -0.2) is 4.99 Å². The molecule has 150 valence electrons. The molecule has 26 heavy (non-hydrogen) atoms. The highest BCUT2D eigenvalue weighted by atomic mass is 127. The number of methoxy groups -OCH3 is 1. The Bertz CT molecular complexity index is 570. The molecule has 2 rings (SSSR count). The number of halogens is 1. The lowest BCUT2D eigenvalue weighted by molar-refractivity contribution is 0.181. The molecule has 7 nitrogen and oxygen atoms in total. The molecule has 0 spiro atoms. The summed E-state index contributed by atoms with van der Waals surface area (Å²) in [5.74, 6) is 1.53. The number of nitrogens with zero attached hydrogens (tertiary/aromatic N) is 4. The van der Waals surface area contributed by atoms with Gasteiger partial charge in [0.15, 0.2) is 5.96 Å². The minimum Gasteiger partial charge on any atom is -0.383 e. The summed E-state index contributed by atoms with van der Waals surface area (Å²) in [6, 6.07) is 0. The zero-order chi connectivity index (χ0) is 18.2. The molecule has 1 aromatic rings. The Morgan fingerprint density at radius 1 is 1.46 bits per heavy atom. The molecule has 0 saturated carbocycles. The fourth-order valence-corrected chi connectivity index (χ4v) is 3.18. The molecular formula is C18H34IN5O2. The topological polar surface area (TPSA) is 63.9 Å². The Kier molecular flexibility index (Phi) is 10.5. The Labute approximate surface area is 174 Å². The van der Waals surface area contributed by atoms with Crippen LogP contribution in [0.25, 0.3) is 0 Å². The van der Waals surface area contributed by atoms with Gasteiger partial charge in [0.1, 0.15) is 0 Å². The van der Waals surface area contributed by atoms with E-state index in [9.17, 15) is 0 Å². The number of hydrogen-bond donors (Lipinski definition) is 1. The second-order valence-electron chi connectivity index (χ2n) is 6.65. The van der Waals surface area contributed by atoms with E-state index in [0.717, 1.165) is 50.9 Å². The van der Waals surface area contributed by atoms with Gasteiger partial charge in [0.25, 0.3) is 0 Å². The number of guanidine groups is 1. The van der Waals surface area contributed by atoms with Crippen molar-refractivity contribution in [2.45, 2.75) is 40.3 Å². The predicted molar refractivity (Wildman–Crippen MR) is 115 cm³/mol. The smallest absolute Gasteiger partial charge is 0.193 e. The summed E-state index contributed by atoms with van der Waals surface area (Å²) in [6.07, 6.45) is 1.13. The van der Waals surface area contributed by atoms with Crippen LogP contribution in [0.3, 0.4) is 0 Å². The van der Waals surface area contributed by atoms with Gasteiger partial charge in [-0.05, 0) is 27.2 Å². The van der Waals surface area contributed by atoms with E-state index >= 15 is 0 Å². The van der Waals surface area contributed by atoms with Crippen LogP contribution in [0.2, 0.25) is 0 Å². The molecule has 0 bridgehead atoms. The standard InChI is InChI=1S/C18H33N5O2.HI/c1-6-19-18(22(4)12-16-7-9-25-13-16)20-11-17-14(2)21-23(15(17)3)8-10-24-5;/h16H,6-13H2,1-5H3,(H,19,20);1H. The molecule has 0 aromatic carbocycles. The first-order chi connectivity index (χ1) is 12.1. The number of ether oxygens (including phenoxy) is 2. The van der Waals surface area contributed by atoms with Gasteiger partial charge >= 0.3 is 0 Å². The van der Waals surface area contributed by atoms with E-state index < -0.39 is 0 Å². The zero-order valence-electron chi connectivity index (χ0n) is 16.7. The number of aryl methyl sites for hydroxylation is 1. The van der Waals surface area contributed by atoms with Crippen LogP contribution in [0.1, 0.15) is 30.3 Å². The molecule has 1 atom stereocenters. The highest BCUT2D eigenvalue weighted by Gasteiger charge is 2.19. The molecule has 2 heterocycles. The van der Waals surface area contributed by atoms with Gasteiger partial charge in [-0.15, -0.1) is 24.0 Å². The van der Waals surface area contributed by atoms with Crippen LogP contribution in [-0.4, -0.2) is 67.7 Å². The van der Waals surface area contributed by atoms with E-state index in [-0.39, 0.29) is 24.0 Å². The second-order valence-corrected chi connectivity index (χ2v) is 6.65. The Morgan fingerprint density at radius 2 is 2.23 bits per heavy atom. The maximum atomic E-state index is 5.49. The first-order valence-corrected chi connectivity index (χ1v) is 9.15. The van der Waals surface area contributed by atoms with Crippen molar-refractivity contribution in [3.63, 3.8) is 0 Å². The van der Waals surface area contributed by atoms with E-state index in [0.29, 0.717) is 19.1 Å². The van der Waals surface area contributed by atoms with E-state index in [1.54, 1.807) is 7.11 Å². The summed E-state index contributed by atoms with van der Waals surface area (Å²) < 4.78 is 12.7. The summed E-state index contributed by atoms with van der Waals surface area (Å²) in [5, 5.41) is 8.01. The number of nitrogens with one attached hydrogen (secondary N) is 1. The predicted octanol–water partition coefficient (Wildman–Crippen LogP) is 2.20. The molecule has 0 radical (unpaired) electrons. The molecule has 1 fully saturated rings. The molecule has 1 aliphatic rings. The summed E-state index contributed by atoms with van der Waals surface area (Å²) in [5.41, 5.74) is 3.41. The van der Waals surface area contributed by atoms with Crippen molar-refractivity contribution in [3.05, 3.63) is 17.0 Å². The van der Waals surface area contributed by atoms with Gasteiger partial charge in [-0.3, -0.25) is 4.68 Å². The maximum Gasteiger partial charge on any atom is 0.193 e. The quantitative estimate of drug-likeness (QED) is 0.352. The lowest BCUT2D eigenvalue weighted by atomic mass is 10.1. The van der Waals surface area contributed by atoms with Gasteiger partial charge in [0.05, 0.1) is 32.0 Å². The van der Waals surface area contributed by atoms with E-state index in [2.05, 4.69) is 36.2 Å². The number of aliphatic imine (C=N–C) groups is 1. The van der Waals surface area contributed by atoms with Crippen LogP contribution in [0, 0.1) is 19.8 Å². The van der Waals surface area contributed by atoms with E-state index in [1.807, 2.05) is 11.6 Å². The summed E-state index contributed by atoms with van der Waals surface area (Å²) in [7, 11) is 3.81. The maximum absolute atomic E-state index is 5.49. The average molecular weight is 479 g/mol. The van der Waals surface area contributed by atoms with E-state index in [1.165, 1.54) is 11.3 Å². The van der Waals surface area contributed by atoms with Crippen LogP contribution in [-0.2, 0) is 22.6 Å². The van der Waals surface area contributed by atoms with Crippen molar-refractivity contribution in [2.24, 2.45) is 10.9 Å². The van der Waals surface area contributed by atoms with Crippen molar-refractivity contribution in [1.29, 1.82) is 0 Å². The SMILES string of the molecule is CCNC(=NCc1c(C)nn(CCOC)c1C)N(C)CC1CCOC1.I. The third-order valence-corrected chi connectivity index (χ3v) is 4.68. The van der Waals surface area contributed by atoms with Gasteiger partial charge in [0.2, 0.25) is 0 Å². The van der Waals surface area contributed by atoms with Crippen molar-refractivity contribution in [3.8, 4) is 0 Å². The number of aromatic nitrogens is 2. The second kappa shape index (κ2) is 11.8. The van der Waals surface area contributed by atoms with Gasteiger partial charge < -0.3 is 19.7 Å². The van der Waals surface area contributed by atoms with Gasteiger partial charge in [0, 0.05) is 51.0 Å². The van der Waals surface area contributed by atoms with Crippen LogP contribution >= 0.6 is 24.0 Å².